The molecule has 0 amide bonds. The van der Waals surface area contributed by atoms with Crippen LogP contribution in [0.4, 0.5) is 0 Å². The summed E-state index contributed by atoms with van der Waals surface area (Å²) in [5.41, 5.74) is 2.30. The van der Waals surface area contributed by atoms with Crippen LogP contribution in [0.5, 0.6) is 0 Å². The molecule has 0 radical (unpaired) electrons. The van der Waals surface area contributed by atoms with Crippen molar-refractivity contribution in [3.63, 3.8) is 0 Å². The molecule has 2 heterocycles. The Kier molecular flexibility index (Phi) is 3.43. The van der Waals surface area contributed by atoms with E-state index in [1.54, 1.807) is 6.07 Å². The summed E-state index contributed by atoms with van der Waals surface area (Å²) < 4.78 is 0. The minimum absolute atomic E-state index is 0. The van der Waals surface area contributed by atoms with E-state index in [0.29, 0.717) is 0 Å². The van der Waals surface area contributed by atoms with Gasteiger partial charge in [0.15, 0.2) is 0 Å². The Hall–Kier alpha value is -1.13. The van der Waals surface area contributed by atoms with Crippen LogP contribution in [0.3, 0.4) is 0 Å². The second-order valence-electron chi connectivity index (χ2n) is 3.06. The van der Waals surface area contributed by atoms with Gasteiger partial charge in [-0.2, -0.15) is 0 Å². The van der Waals surface area contributed by atoms with Crippen LogP contribution in [0.25, 0.3) is 0 Å². The van der Waals surface area contributed by atoms with Gasteiger partial charge < -0.3 is 10.4 Å². The van der Waals surface area contributed by atoms with E-state index in [9.17, 15) is 4.79 Å². The standard InChI is InChI=1S/C9H10N2O2.ClH/c12-9(13)7-3-6-1-2-10-5-8(6)11-4-7;/h3-4,10H,1-2,5H2,(H,12,13);1H. The summed E-state index contributed by atoms with van der Waals surface area (Å²) in [7, 11) is 0. The summed E-state index contributed by atoms with van der Waals surface area (Å²) in [5, 5.41) is 11.9. The van der Waals surface area contributed by atoms with Crippen molar-refractivity contribution >= 4 is 18.4 Å². The first-order valence-electron chi connectivity index (χ1n) is 4.19. The summed E-state index contributed by atoms with van der Waals surface area (Å²) in [6.07, 6.45) is 2.28. The van der Waals surface area contributed by atoms with Crippen LogP contribution in [0.1, 0.15) is 21.6 Å². The first-order chi connectivity index (χ1) is 6.27. The van der Waals surface area contributed by atoms with Crippen LogP contribution in [0.2, 0.25) is 0 Å². The Morgan fingerprint density at radius 1 is 1.57 bits per heavy atom. The van der Waals surface area contributed by atoms with E-state index >= 15 is 0 Å². The van der Waals surface area contributed by atoms with Gasteiger partial charge in [0.1, 0.15) is 0 Å². The van der Waals surface area contributed by atoms with Crippen LogP contribution in [0, 0.1) is 0 Å². The third kappa shape index (κ3) is 2.02. The topological polar surface area (TPSA) is 62.2 Å². The van der Waals surface area contributed by atoms with Crippen molar-refractivity contribution < 1.29 is 9.90 Å². The van der Waals surface area contributed by atoms with Crippen molar-refractivity contribution in [1.29, 1.82) is 0 Å². The lowest BCUT2D eigenvalue weighted by molar-refractivity contribution is 0.0696. The maximum atomic E-state index is 10.6. The van der Waals surface area contributed by atoms with Crippen LogP contribution >= 0.6 is 12.4 Å². The number of carbonyl (C=O) groups is 1. The van der Waals surface area contributed by atoms with Gasteiger partial charge in [0, 0.05) is 12.7 Å². The monoisotopic (exact) mass is 214 g/mol. The molecule has 0 unspecified atom stereocenters. The molecule has 5 heteroatoms. The highest BCUT2D eigenvalue weighted by Gasteiger charge is 2.12. The average Bonchev–Trinajstić information content (AvgIpc) is 2.17. The number of aromatic carboxylic acids is 1. The number of carboxylic acids is 1. The van der Waals surface area contributed by atoms with Crippen molar-refractivity contribution in [2.24, 2.45) is 0 Å². The molecule has 0 aromatic carbocycles. The summed E-state index contributed by atoms with van der Waals surface area (Å²) in [6.45, 7) is 1.65. The number of nitrogens with one attached hydrogen (secondary N) is 1. The van der Waals surface area contributed by atoms with Gasteiger partial charge in [-0.3, -0.25) is 4.98 Å². The number of rotatable bonds is 1. The van der Waals surface area contributed by atoms with Gasteiger partial charge >= 0.3 is 5.97 Å². The van der Waals surface area contributed by atoms with E-state index in [-0.39, 0.29) is 18.0 Å². The summed E-state index contributed by atoms with van der Waals surface area (Å²) in [6, 6.07) is 1.71. The van der Waals surface area contributed by atoms with Gasteiger partial charge in [-0.1, -0.05) is 0 Å². The third-order valence-electron chi connectivity index (χ3n) is 2.17. The zero-order valence-corrected chi connectivity index (χ0v) is 8.30. The smallest absolute Gasteiger partial charge is 0.337 e. The molecule has 4 nitrogen and oxygen atoms in total. The fraction of sp³-hybridized carbons (Fsp3) is 0.333. The molecule has 14 heavy (non-hydrogen) atoms. The minimum atomic E-state index is -0.908. The van der Waals surface area contributed by atoms with Crippen molar-refractivity contribution in [3.05, 3.63) is 29.1 Å². The van der Waals surface area contributed by atoms with Crippen LogP contribution < -0.4 is 5.32 Å². The Labute approximate surface area is 87.8 Å². The predicted molar refractivity (Wildman–Crippen MR) is 53.9 cm³/mol. The van der Waals surface area contributed by atoms with Crippen molar-refractivity contribution in [1.82, 2.24) is 10.3 Å². The molecule has 76 valence electrons. The molecule has 0 saturated carbocycles. The summed E-state index contributed by atoms with van der Waals surface area (Å²) in [4.78, 5) is 14.7. The first kappa shape index (κ1) is 10.9. The van der Waals surface area contributed by atoms with E-state index in [2.05, 4.69) is 10.3 Å². The highest BCUT2D eigenvalue weighted by molar-refractivity contribution is 5.87. The zero-order valence-electron chi connectivity index (χ0n) is 7.49. The summed E-state index contributed by atoms with van der Waals surface area (Å²) in [5.74, 6) is -0.908. The van der Waals surface area contributed by atoms with E-state index in [4.69, 9.17) is 5.11 Å². The molecule has 1 aromatic rings. The summed E-state index contributed by atoms with van der Waals surface area (Å²) >= 11 is 0. The quantitative estimate of drug-likeness (QED) is 0.728. The molecule has 1 aliphatic rings. The average molecular weight is 215 g/mol. The fourth-order valence-corrected chi connectivity index (χ4v) is 1.46. The lowest BCUT2D eigenvalue weighted by Crippen LogP contribution is -2.25. The van der Waals surface area contributed by atoms with E-state index in [0.717, 1.165) is 30.8 Å². The number of pyridine rings is 1. The van der Waals surface area contributed by atoms with Crippen LogP contribution in [-0.4, -0.2) is 22.6 Å². The normalized spacial score (nSPS) is 14.0. The fourth-order valence-electron chi connectivity index (χ4n) is 1.46. The SMILES string of the molecule is Cl.O=C(O)c1cnc2c(c1)CCNC2. The highest BCUT2D eigenvalue weighted by Crippen LogP contribution is 2.12. The molecule has 2 rings (SSSR count). The molecule has 1 aliphatic heterocycles. The Morgan fingerprint density at radius 2 is 2.36 bits per heavy atom. The molecule has 0 fully saturated rings. The molecular formula is C9H11ClN2O2. The number of carboxylic acid groups (broad SMARTS) is 1. The molecule has 1 aromatic heterocycles. The number of aromatic nitrogens is 1. The second kappa shape index (κ2) is 4.39. The number of fused-ring (bicyclic) bond motifs is 1. The van der Waals surface area contributed by atoms with Crippen molar-refractivity contribution in [2.75, 3.05) is 6.54 Å². The van der Waals surface area contributed by atoms with Crippen molar-refractivity contribution in [2.45, 2.75) is 13.0 Å². The van der Waals surface area contributed by atoms with E-state index in [1.807, 2.05) is 0 Å². The molecule has 0 aliphatic carbocycles. The van der Waals surface area contributed by atoms with Gasteiger partial charge in [-0.05, 0) is 24.6 Å². The number of hydrogen-bond acceptors (Lipinski definition) is 3. The maximum absolute atomic E-state index is 10.6. The van der Waals surface area contributed by atoms with Gasteiger partial charge in [0.05, 0.1) is 11.3 Å². The number of nitrogens with zero attached hydrogens (tertiary/aromatic N) is 1. The lowest BCUT2D eigenvalue weighted by Gasteiger charge is -2.15. The van der Waals surface area contributed by atoms with Crippen LogP contribution in [-0.2, 0) is 13.0 Å². The van der Waals surface area contributed by atoms with Gasteiger partial charge in [0.25, 0.3) is 0 Å². The predicted octanol–water partition coefficient (Wildman–Crippen LogP) is 0.847. The molecular weight excluding hydrogens is 204 g/mol. The molecule has 0 atom stereocenters. The first-order valence-corrected chi connectivity index (χ1v) is 4.19. The molecule has 0 spiro atoms. The van der Waals surface area contributed by atoms with Crippen LogP contribution in [0.15, 0.2) is 12.3 Å². The zero-order chi connectivity index (χ0) is 9.26. The lowest BCUT2D eigenvalue weighted by atomic mass is 10.0. The van der Waals surface area contributed by atoms with E-state index < -0.39 is 5.97 Å². The van der Waals surface area contributed by atoms with Gasteiger partial charge in [-0.15, -0.1) is 12.4 Å². The largest absolute Gasteiger partial charge is 0.478 e. The Bertz CT molecular complexity index is 355. The maximum Gasteiger partial charge on any atom is 0.337 e. The van der Waals surface area contributed by atoms with Gasteiger partial charge in [-0.25, -0.2) is 4.79 Å². The minimum Gasteiger partial charge on any atom is -0.478 e. The number of hydrogen-bond donors (Lipinski definition) is 2. The second-order valence-corrected chi connectivity index (χ2v) is 3.06. The van der Waals surface area contributed by atoms with E-state index in [1.165, 1.54) is 6.20 Å². The Morgan fingerprint density at radius 3 is 3.07 bits per heavy atom. The molecule has 2 N–H and O–H groups in total. The Balaban J connectivity index is 0.000000980. The molecule has 0 saturated heterocycles. The van der Waals surface area contributed by atoms with Gasteiger partial charge in [0.2, 0.25) is 0 Å². The number of halogens is 1. The van der Waals surface area contributed by atoms with Crippen molar-refractivity contribution in [3.8, 4) is 0 Å². The molecule has 0 bridgehead atoms. The third-order valence-corrected chi connectivity index (χ3v) is 2.17. The highest BCUT2D eigenvalue weighted by atomic mass is 35.5.